The van der Waals surface area contributed by atoms with E-state index in [2.05, 4.69) is 35.8 Å². The molecule has 0 aromatic carbocycles. The van der Waals surface area contributed by atoms with Gasteiger partial charge in [0.2, 0.25) is 0 Å². The van der Waals surface area contributed by atoms with Gasteiger partial charge in [0.25, 0.3) is 0 Å². The minimum atomic E-state index is 0.578. The predicted molar refractivity (Wildman–Crippen MR) is 93.3 cm³/mol. The first kappa shape index (κ1) is 15.8. The van der Waals surface area contributed by atoms with Crippen LogP contribution >= 0.6 is 0 Å². The molecule has 2 aliphatic rings. The van der Waals surface area contributed by atoms with E-state index < -0.39 is 0 Å². The number of anilines is 1. The van der Waals surface area contributed by atoms with Crippen molar-refractivity contribution in [1.29, 1.82) is 0 Å². The molecule has 122 valence electrons. The highest BCUT2D eigenvalue weighted by atomic mass is 15.2. The second-order valence-electron chi connectivity index (χ2n) is 7.36. The van der Waals surface area contributed by atoms with Crippen LogP contribution in [0.1, 0.15) is 64.0 Å². The number of nitrogens with zero attached hydrogens (tertiary/aromatic N) is 3. The Kier molecular flexibility index (Phi) is 5.35. The van der Waals surface area contributed by atoms with Crippen LogP contribution in [0.2, 0.25) is 0 Å². The molecular weight excluding hydrogens is 270 g/mol. The van der Waals surface area contributed by atoms with Crippen molar-refractivity contribution in [2.45, 2.75) is 58.4 Å². The third-order valence-corrected chi connectivity index (χ3v) is 5.04. The van der Waals surface area contributed by atoms with Crippen LogP contribution in [0.15, 0.2) is 18.3 Å². The molecule has 3 heterocycles. The van der Waals surface area contributed by atoms with Gasteiger partial charge in [0, 0.05) is 37.4 Å². The third-order valence-electron chi connectivity index (χ3n) is 5.04. The molecule has 2 aliphatic heterocycles. The highest BCUT2D eigenvalue weighted by molar-refractivity contribution is 5.49. The van der Waals surface area contributed by atoms with Crippen LogP contribution in [-0.2, 0) is 0 Å². The van der Waals surface area contributed by atoms with Crippen LogP contribution in [-0.4, -0.2) is 36.1 Å². The fraction of sp³-hybridized carbons (Fsp3) is 0.737. The average Bonchev–Trinajstić information content (AvgIpc) is 2.80. The molecule has 1 aromatic rings. The van der Waals surface area contributed by atoms with Crippen LogP contribution in [0.4, 0.5) is 5.82 Å². The van der Waals surface area contributed by atoms with E-state index in [1.807, 2.05) is 6.20 Å². The molecule has 0 saturated carbocycles. The van der Waals surface area contributed by atoms with Crippen LogP contribution in [0.3, 0.4) is 0 Å². The minimum Gasteiger partial charge on any atom is -0.356 e. The third kappa shape index (κ3) is 3.62. The zero-order chi connectivity index (χ0) is 15.4. The number of pyridine rings is 1. The number of aromatic nitrogens is 1. The summed E-state index contributed by atoms with van der Waals surface area (Å²) in [6.45, 7) is 9.47. The zero-order valence-electron chi connectivity index (χ0n) is 14.3. The summed E-state index contributed by atoms with van der Waals surface area (Å²) >= 11 is 0. The Labute approximate surface area is 135 Å². The van der Waals surface area contributed by atoms with Gasteiger partial charge in [0.15, 0.2) is 0 Å². The van der Waals surface area contributed by atoms with Crippen LogP contribution in [0.25, 0.3) is 0 Å². The van der Waals surface area contributed by atoms with Crippen LogP contribution < -0.4 is 4.90 Å². The van der Waals surface area contributed by atoms with Crippen molar-refractivity contribution in [2.75, 3.05) is 31.1 Å². The molecule has 0 spiro atoms. The van der Waals surface area contributed by atoms with Crippen molar-refractivity contribution in [3.8, 4) is 0 Å². The first-order valence-corrected chi connectivity index (χ1v) is 9.19. The lowest BCUT2D eigenvalue weighted by Gasteiger charge is -2.31. The first-order chi connectivity index (χ1) is 10.8. The molecule has 0 N–H and O–H groups in total. The predicted octanol–water partition coefficient (Wildman–Crippen LogP) is 4.25. The molecular formula is C19H31N3. The first-order valence-electron chi connectivity index (χ1n) is 9.19. The lowest BCUT2D eigenvalue weighted by molar-refractivity contribution is 0.229. The van der Waals surface area contributed by atoms with Crippen molar-refractivity contribution in [3.05, 3.63) is 23.9 Å². The molecule has 0 bridgehead atoms. The molecule has 22 heavy (non-hydrogen) atoms. The van der Waals surface area contributed by atoms with Crippen molar-refractivity contribution in [1.82, 2.24) is 9.88 Å². The van der Waals surface area contributed by atoms with Crippen LogP contribution in [0, 0.1) is 5.92 Å². The second-order valence-corrected chi connectivity index (χ2v) is 7.36. The second kappa shape index (κ2) is 7.45. The highest BCUT2D eigenvalue weighted by Gasteiger charge is 2.29. The molecule has 3 rings (SSSR count). The highest BCUT2D eigenvalue weighted by Crippen LogP contribution is 2.37. The molecule has 0 radical (unpaired) electrons. The van der Waals surface area contributed by atoms with E-state index in [4.69, 9.17) is 4.98 Å². The lowest BCUT2D eigenvalue weighted by atomic mass is 10.0. The summed E-state index contributed by atoms with van der Waals surface area (Å²) in [5.41, 5.74) is 1.47. The van der Waals surface area contributed by atoms with Gasteiger partial charge in [-0.3, -0.25) is 4.90 Å². The number of rotatable bonds is 4. The largest absolute Gasteiger partial charge is 0.356 e. The average molecular weight is 301 g/mol. The van der Waals surface area contributed by atoms with Gasteiger partial charge in [-0.1, -0.05) is 32.8 Å². The van der Waals surface area contributed by atoms with E-state index in [1.165, 1.54) is 76.1 Å². The Hall–Kier alpha value is -1.09. The maximum Gasteiger partial charge on any atom is 0.133 e. The standard InChI is InChI=1S/C19H31N3/c1-16(2)15-22-14-8-10-18(22)17-9-7-11-20-19(17)21-12-5-3-4-6-13-21/h7,9,11,16,18H,3-6,8,10,12-15H2,1-2H3. The van der Waals surface area contributed by atoms with Gasteiger partial charge in [0.1, 0.15) is 5.82 Å². The molecule has 1 unspecified atom stereocenters. The maximum absolute atomic E-state index is 4.80. The Balaban J connectivity index is 1.83. The lowest BCUT2D eigenvalue weighted by Crippen LogP contribution is -2.31. The number of hydrogen-bond donors (Lipinski definition) is 0. The van der Waals surface area contributed by atoms with Gasteiger partial charge < -0.3 is 4.90 Å². The minimum absolute atomic E-state index is 0.578. The zero-order valence-corrected chi connectivity index (χ0v) is 14.3. The van der Waals surface area contributed by atoms with Crippen molar-refractivity contribution >= 4 is 5.82 Å². The SMILES string of the molecule is CC(C)CN1CCCC1c1cccnc1N1CCCCCC1. The monoisotopic (exact) mass is 301 g/mol. The molecule has 0 aliphatic carbocycles. The molecule has 3 heteroatoms. The summed E-state index contributed by atoms with van der Waals surface area (Å²) in [6, 6.07) is 5.04. The van der Waals surface area contributed by atoms with Crippen molar-refractivity contribution in [3.63, 3.8) is 0 Å². The molecule has 3 nitrogen and oxygen atoms in total. The van der Waals surface area contributed by atoms with Crippen molar-refractivity contribution in [2.24, 2.45) is 5.92 Å². The number of likely N-dealkylation sites (tertiary alicyclic amines) is 1. The Morgan fingerprint density at radius 2 is 1.86 bits per heavy atom. The maximum atomic E-state index is 4.80. The fourth-order valence-corrected chi connectivity index (χ4v) is 4.08. The van der Waals surface area contributed by atoms with E-state index in [1.54, 1.807) is 0 Å². The van der Waals surface area contributed by atoms with Gasteiger partial charge in [-0.2, -0.15) is 0 Å². The van der Waals surface area contributed by atoms with Gasteiger partial charge in [0.05, 0.1) is 0 Å². The van der Waals surface area contributed by atoms with E-state index in [0.29, 0.717) is 6.04 Å². The quantitative estimate of drug-likeness (QED) is 0.828. The van der Waals surface area contributed by atoms with E-state index in [0.717, 1.165) is 5.92 Å². The van der Waals surface area contributed by atoms with E-state index in [9.17, 15) is 0 Å². The fourth-order valence-electron chi connectivity index (χ4n) is 4.08. The molecule has 2 fully saturated rings. The molecule has 2 saturated heterocycles. The Morgan fingerprint density at radius 3 is 2.59 bits per heavy atom. The summed E-state index contributed by atoms with van der Waals surface area (Å²) in [7, 11) is 0. The summed E-state index contributed by atoms with van der Waals surface area (Å²) in [4.78, 5) is 10.0. The van der Waals surface area contributed by atoms with E-state index in [-0.39, 0.29) is 0 Å². The summed E-state index contributed by atoms with van der Waals surface area (Å²) in [6.07, 6.45) is 9.98. The Morgan fingerprint density at radius 1 is 1.09 bits per heavy atom. The van der Waals surface area contributed by atoms with Gasteiger partial charge in [-0.15, -0.1) is 0 Å². The topological polar surface area (TPSA) is 19.4 Å². The summed E-state index contributed by atoms with van der Waals surface area (Å²) in [5.74, 6) is 2.00. The van der Waals surface area contributed by atoms with Gasteiger partial charge >= 0.3 is 0 Å². The number of hydrogen-bond acceptors (Lipinski definition) is 3. The summed E-state index contributed by atoms with van der Waals surface area (Å²) in [5, 5.41) is 0. The summed E-state index contributed by atoms with van der Waals surface area (Å²) < 4.78 is 0. The smallest absolute Gasteiger partial charge is 0.133 e. The molecule has 1 atom stereocenters. The molecule has 1 aromatic heterocycles. The van der Waals surface area contributed by atoms with Crippen LogP contribution in [0.5, 0.6) is 0 Å². The van der Waals surface area contributed by atoms with E-state index >= 15 is 0 Å². The normalized spacial score (nSPS) is 24.0. The van der Waals surface area contributed by atoms with Crippen molar-refractivity contribution < 1.29 is 0 Å². The Bertz CT molecular complexity index is 464. The molecule has 0 amide bonds. The van der Waals surface area contributed by atoms with Gasteiger partial charge in [-0.05, 0) is 44.2 Å². The van der Waals surface area contributed by atoms with Gasteiger partial charge in [-0.25, -0.2) is 4.98 Å².